The van der Waals surface area contributed by atoms with Gasteiger partial charge in [-0.3, -0.25) is 9.69 Å². The van der Waals surface area contributed by atoms with Crippen LogP contribution >= 0.6 is 0 Å². The standard InChI is InChI=1S/C15H20N4O2/c1-3-21-14(20)8-9-19(2)10-13-17-12-7-5-4-6-11(12)15(16)18-13/h4-7H,3,8-10H2,1-2H3,(H2,16,17,18). The van der Waals surface area contributed by atoms with Crippen molar-refractivity contribution in [2.45, 2.75) is 19.9 Å². The van der Waals surface area contributed by atoms with Crippen molar-refractivity contribution in [1.29, 1.82) is 0 Å². The fourth-order valence-corrected chi connectivity index (χ4v) is 2.06. The summed E-state index contributed by atoms with van der Waals surface area (Å²) in [5.41, 5.74) is 6.78. The first-order valence-corrected chi connectivity index (χ1v) is 6.95. The molecule has 0 atom stereocenters. The number of nitrogen functional groups attached to an aromatic ring is 1. The molecule has 0 amide bonds. The molecule has 0 aliphatic rings. The molecule has 6 nitrogen and oxygen atoms in total. The van der Waals surface area contributed by atoms with Gasteiger partial charge in [-0.25, -0.2) is 9.97 Å². The highest BCUT2D eigenvalue weighted by molar-refractivity contribution is 5.87. The molecule has 1 aromatic heterocycles. The van der Waals surface area contributed by atoms with Crippen molar-refractivity contribution in [3.63, 3.8) is 0 Å². The molecule has 0 aliphatic heterocycles. The number of benzene rings is 1. The smallest absolute Gasteiger partial charge is 0.307 e. The summed E-state index contributed by atoms with van der Waals surface area (Å²) in [7, 11) is 1.91. The average molecular weight is 288 g/mol. The van der Waals surface area contributed by atoms with Crippen LogP contribution in [0.15, 0.2) is 24.3 Å². The molecule has 0 spiro atoms. The van der Waals surface area contributed by atoms with Gasteiger partial charge >= 0.3 is 5.97 Å². The zero-order valence-electron chi connectivity index (χ0n) is 12.4. The number of aromatic nitrogens is 2. The lowest BCUT2D eigenvalue weighted by Gasteiger charge is -2.15. The third-order valence-electron chi connectivity index (χ3n) is 3.09. The highest BCUT2D eigenvalue weighted by atomic mass is 16.5. The lowest BCUT2D eigenvalue weighted by molar-refractivity contribution is -0.143. The third kappa shape index (κ3) is 4.13. The maximum atomic E-state index is 11.3. The molecule has 2 aromatic rings. The number of para-hydroxylation sites is 1. The number of hydrogen-bond donors (Lipinski definition) is 1. The second-order valence-electron chi connectivity index (χ2n) is 4.84. The molecule has 6 heteroatoms. The topological polar surface area (TPSA) is 81.3 Å². The van der Waals surface area contributed by atoms with E-state index in [1.807, 2.05) is 36.2 Å². The molecule has 112 valence electrons. The summed E-state index contributed by atoms with van der Waals surface area (Å²) in [6.45, 7) is 3.34. The molecule has 2 N–H and O–H groups in total. The Morgan fingerprint density at radius 2 is 2.10 bits per heavy atom. The monoisotopic (exact) mass is 288 g/mol. The summed E-state index contributed by atoms with van der Waals surface area (Å²) in [4.78, 5) is 22.1. The molecule has 0 saturated heterocycles. The van der Waals surface area contributed by atoms with Gasteiger partial charge in [-0.1, -0.05) is 12.1 Å². The SMILES string of the molecule is CCOC(=O)CCN(C)Cc1nc(N)c2ccccc2n1. The van der Waals surface area contributed by atoms with Gasteiger partial charge in [-0.05, 0) is 26.1 Å². The third-order valence-corrected chi connectivity index (χ3v) is 3.09. The number of nitrogens with zero attached hydrogens (tertiary/aromatic N) is 3. The Labute approximate surface area is 123 Å². The van der Waals surface area contributed by atoms with E-state index in [4.69, 9.17) is 10.5 Å². The molecule has 0 saturated carbocycles. The van der Waals surface area contributed by atoms with Crippen molar-refractivity contribution in [3.8, 4) is 0 Å². The summed E-state index contributed by atoms with van der Waals surface area (Å²) >= 11 is 0. The average Bonchev–Trinajstić information content (AvgIpc) is 2.45. The van der Waals surface area contributed by atoms with Crippen molar-refractivity contribution in [3.05, 3.63) is 30.1 Å². The molecule has 0 aliphatic carbocycles. The molecular formula is C15H20N4O2. The van der Waals surface area contributed by atoms with Crippen LogP contribution in [0.25, 0.3) is 10.9 Å². The molecule has 0 bridgehead atoms. The number of rotatable bonds is 6. The number of nitrogens with two attached hydrogens (primary N) is 1. The predicted octanol–water partition coefficient (Wildman–Crippen LogP) is 1.60. The fourth-order valence-electron chi connectivity index (χ4n) is 2.06. The van der Waals surface area contributed by atoms with E-state index in [9.17, 15) is 4.79 Å². The lowest BCUT2D eigenvalue weighted by Crippen LogP contribution is -2.23. The van der Waals surface area contributed by atoms with Crippen molar-refractivity contribution < 1.29 is 9.53 Å². The first-order valence-electron chi connectivity index (χ1n) is 6.95. The van der Waals surface area contributed by atoms with Gasteiger partial charge in [0.2, 0.25) is 0 Å². The Bertz CT molecular complexity index is 630. The van der Waals surface area contributed by atoms with Crippen LogP contribution in [-0.4, -0.2) is 41.0 Å². The fraction of sp³-hybridized carbons (Fsp3) is 0.400. The minimum atomic E-state index is -0.191. The number of carbonyl (C=O) groups excluding carboxylic acids is 1. The molecule has 0 fully saturated rings. The van der Waals surface area contributed by atoms with Crippen LogP contribution in [0.1, 0.15) is 19.2 Å². The van der Waals surface area contributed by atoms with E-state index in [-0.39, 0.29) is 5.97 Å². The van der Waals surface area contributed by atoms with Crippen LogP contribution in [0.2, 0.25) is 0 Å². The van der Waals surface area contributed by atoms with E-state index in [1.54, 1.807) is 6.92 Å². The van der Waals surface area contributed by atoms with E-state index < -0.39 is 0 Å². The molecular weight excluding hydrogens is 268 g/mol. The maximum absolute atomic E-state index is 11.3. The number of carbonyl (C=O) groups is 1. The van der Waals surface area contributed by atoms with Crippen molar-refractivity contribution >= 4 is 22.7 Å². The molecule has 1 aromatic carbocycles. The largest absolute Gasteiger partial charge is 0.466 e. The quantitative estimate of drug-likeness (QED) is 0.813. The Hall–Kier alpha value is -2.21. The van der Waals surface area contributed by atoms with Crippen LogP contribution in [-0.2, 0) is 16.1 Å². The summed E-state index contributed by atoms with van der Waals surface area (Å²) < 4.78 is 4.90. The van der Waals surface area contributed by atoms with Gasteiger partial charge in [0.25, 0.3) is 0 Å². The van der Waals surface area contributed by atoms with E-state index in [2.05, 4.69) is 9.97 Å². The summed E-state index contributed by atoms with van der Waals surface area (Å²) in [5, 5.41) is 0.857. The van der Waals surface area contributed by atoms with Crippen LogP contribution in [0.5, 0.6) is 0 Å². The predicted molar refractivity (Wildman–Crippen MR) is 81.5 cm³/mol. The molecule has 21 heavy (non-hydrogen) atoms. The van der Waals surface area contributed by atoms with E-state index in [0.717, 1.165) is 10.9 Å². The number of hydrogen-bond acceptors (Lipinski definition) is 6. The lowest BCUT2D eigenvalue weighted by atomic mass is 10.2. The van der Waals surface area contributed by atoms with Crippen LogP contribution in [0.3, 0.4) is 0 Å². The van der Waals surface area contributed by atoms with Crippen molar-refractivity contribution in [2.75, 3.05) is 25.9 Å². The Balaban J connectivity index is 2.01. The van der Waals surface area contributed by atoms with Gasteiger partial charge in [-0.2, -0.15) is 0 Å². The second-order valence-corrected chi connectivity index (χ2v) is 4.84. The number of anilines is 1. The van der Waals surface area contributed by atoms with Gasteiger partial charge in [0.05, 0.1) is 25.1 Å². The number of fused-ring (bicyclic) bond motifs is 1. The maximum Gasteiger partial charge on any atom is 0.307 e. The van der Waals surface area contributed by atoms with Crippen molar-refractivity contribution in [2.24, 2.45) is 0 Å². The molecule has 1 heterocycles. The zero-order chi connectivity index (χ0) is 15.2. The van der Waals surface area contributed by atoms with Crippen molar-refractivity contribution in [1.82, 2.24) is 14.9 Å². The Morgan fingerprint density at radius 1 is 1.33 bits per heavy atom. The second kappa shape index (κ2) is 6.99. The highest BCUT2D eigenvalue weighted by Crippen LogP contribution is 2.17. The zero-order valence-corrected chi connectivity index (χ0v) is 12.4. The molecule has 2 rings (SSSR count). The van der Waals surface area contributed by atoms with Gasteiger partial charge < -0.3 is 10.5 Å². The minimum Gasteiger partial charge on any atom is -0.466 e. The van der Waals surface area contributed by atoms with E-state index in [1.165, 1.54) is 0 Å². The minimum absolute atomic E-state index is 0.191. The first-order chi connectivity index (χ1) is 10.1. The molecule has 0 unspecified atom stereocenters. The number of ether oxygens (including phenoxy) is 1. The summed E-state index contributed by atoms with van der Waals surface area (Å²) in [5.74, 6) is 0.940. The van der Waals surface area contributed by atoms with E-state index in [0.29, 0.717) is 37.8 Å². The van der Waals surface area contributed by atoms with Gasteiger partial charge in [0.1, 0.15) is 11.6 Å². The highest BCUT2D eigenvalue weighted by Gasteiger charge is 2.09. The van der Waals surface area contributed by atoms with Crippen LogP contribution in [0, 0.1) is 0 Å². The van der Waals surface area contributed by atoms with E-state index >= 15 is 0 Å². The normalized spacial score (nSPS) is 11.0. The van der Waals surface area contributed by atoms with Gasteiger partial charge in [0.15, 0.2) is 0 Å². The summed E-state index contributed by atoms with van der Waals surface area (Å²) in [6, 6.07) is 7.64. The number of esters is 1. The van der Waals surface area contributed by atoms with Gasteiger partial charge in [0, 0.05) is 11.9 Å². The van der Waals surface area contributed by atoms with Crippen LogP contribution in [0.4, 0.5) is 5.82 Å². The first kappa shape index (κ1) is 15.2. The summed E-state index contributed by atoms with van der Waals surface area (Å²) in [6.07, 6.45) is 0.355. The Morgan fingerprint density at radius 3 is 2.86 bits per heavy atom. The van der Waals surface area contributed by atoms with Gasteiger partial charge in [-0.15, -0.1) is 0 Å². The van der Waals surface area contributed by atoms with Crippen LogP contribution < -0.4 is 5.73 Å². The molecule has 0 radical (unpaired) electrons. The Kier molecular flexibility index (Phi) is 5.05.